The summed E-state index contributed by atoms with van der Waals surface area (Å²) in [5.41, 5.74) is 0.941. The van der Waals surface area contributed by atoms with E-state index < -0.39 is 17.7 Å². The predicted octanol–water partition coefficient (Wildman–Crippen LogP) is 3.73. The van der Waals surface area contributed by atoms with Gasteiger partial charge in [0.2, 0.25) is 0 Å². The van der Waals surface area contributed by atoms with Crippen LogP contribution in [0.15, 0.2) is 60.7 Å². The van der Waals surface area contributed by atoms with Gasteiger partial charge in [-0.05, 0) is 42.8 Å². The molecule has 3 rings (SSSR count). The van der Waals surface area contributed by atoms with Crippen molar-refractivity contribution in [3.63, 3.8) is 0 Å². The van der Waals surface area contributed by atoms with Gasteiger partial charge in [0.1, 0.15) is 29.6 Å². The number of carbonyl (C=O) groups excluding carboxylic acids is 2. The number of carbonyl (C=O) groups is 2. The second-order valence-corrected chi connectivity index (χ2v) is 7.57. The minimum absolute atomic E-state index is 0.00866. The summed E-state index contributed by atoms with van der Waals surface area (Å²) in [4.78, 5) is 27.6. The molecule has 0 aromatic heterocycles. The minimum Gasteiger partial charge on any atom is -0.507 e. The Morgan fingerprint density at radius 1 is 1.06 bits per heavy atom. The molecule has 0 aliphatic carbocycles. The van der Waals surface area contributed by atoms with Gasteiger partial charge in [0.05, 0.1) is 25.8 Å². The maximum Gasteiger partial charge on any atom is 0.295 e. The Bertz CT molecular complexity index is 1080. The fourth-order valence-corrected chi connectivity index (χ4v) is 3.88. The SMILES string of the molecule is C=CCOc1ccc(/C(O)=C2\C(=O)C(=O)N(CCCOC)C2c2ccc(OC)cc2OC)cc1. The van der Waals surface area contributed by atoms with Crippen molar-refractivity contribution in [2.45, 2.75) is 12.5 Å². The van der Waals surface area contributed by atoms with E-state index in [-0.39, 0.29) is 17.9 Å². The number of benzene rings is 2. The number of rotatable bonds is 11. The highest BCUT2D eigenvalue weighted by Gasteiger charge is 2.46. The van der Waals surface area contributed by atoms with Crippen molar-refractivity contribution in [2.24, 2.45) is 0 Å². The molecule has 2 aromatic rings. The normalized spacial score (nSPS) is 17.0. The number of aliphatic hydroxyl groups excluding tert-OH is 1. The number of aliphatic hydroxyl groups is 1. The number of ether oxygens (including phenoxy) is 4. The van der Waals surface area contributed by atoms with Crippen molar-refractivity contribution >= 4 is 17.4 Å². The van der Waals surface area contributed by atoms with E-state index in [0.29, 0.717) is 48.0 Å². The van der Waals surface area contributed by atoms with Crippen LogP contribution < -0.4 is 14.2 Å². The predicted molar refractivity (Wildman–Crippen MR) is 127 cm³/mol. The number of hydrogen-bond donors (Lipinski definition) is 1. The molecule has 8 heteroatoms. The highest BCUT2D eigenvalue weighted by molar-refractivity contribution is 6.46. The molecule has 1 fully saturated rings. The smallest absolute Gasteiger partial charge is 0.295 e. The van der Waals surface area contributed by atoms with E-state index in [2.05, 4.69) is 6.58 Å². The molecule has 0 radical (unpaired) electrons. The summed E-state index contributed by atoms with van der Waals surface area (Å²) in [5.74, 6) is -0.138. The van der Waals surface area contributed by atoms with Crippen molar-refractivity contribution in [1.29, 1.82) is 0 Å². The Morgan fingerprint density at radius 2 is 1.76 bits per heavy atom. The molecule has 180 valence electrons. The number of nitrogens with zero attached hydrogens (tertiary/aromatic N) is 1. The zero-order chi connectivity index (χ0) is 24.7. The summed E-state index contributed by atoms with van der Waals surface area (Å²) < 4.78 is 21.4. The van der Waals surface area contributed by atoms with E-state index in [1.165, 1.54) is 19.1 Å². The van der Waals surface area contributed by atoms with Gasteiger partial charge in [-0.3, -0.25) is 9.59 Å². The first-order chi connectivity index (χ1) is 16.5. The Balaban J connectivity index is 2.12. The summed E-state index contributed by atoms with van der Waals surface area (Å²) in [6, 6.07) is 10.9. The van der Waals surface area contributed by atoms with Gasteiger partial charge >= 0.3 is 0 Å². The van der Waals surface area contributed by atoms with E-state index in [0.717, 1.165) is 0 Å². The third kappa shape index (κ3) is 5.07. The zero-order valence-electron chi connectivity index (χ0n) is 19.6. The van der Waals surface area contributed by atoms with Gasteiger partial charge in [-0.2, -0.15) is 0 Å². The van der Waals surface area contributed by atoms with Crippen LogP contribution in [0.2, 0.25) is 0 Å². The van der Waals surface area contributed by atoms with Crippen molar-refractivity contribution in [3.05, 3.63) is 71.8 Å². The molecule has 0 spiro atoms. The van der Waals surface area contributed by atoms with Crippen molar-refractivity contribution in [3.8, 4) is 17.2 Å². The second-order valence-electron chi connectivity index (χ2n) is 7.57. The van der Waals surface area contributed by atoms with E-state index in [1.807, 2.05) is 0 Å². The van der Waals surface area contributed by atoms with Crippen molar-refractivity contribution < 1.29 is 33.6 Å². The third-order valence-corrected chi connectivity index (χ3v) is 5.52. The molecule has 34 heavy (non-hydrogen) atoms. The van der Waals surface area contributed by atoms with Crippen molar-refractivity contribution in [1.82, 2.24) is 4.90 Å². The molecule has 0 bridgehead atoms. The van der Waals surface area contributed by atoms with E-state index in [9.17, 15) is 14.7 Å². The molecule has 1 unspecified atom stereocenters. The van der Waals surface area contributed by atoms with Crippen LogP contribution in [0.5, 0.6) is 17.2 Å². The number of hydrogen-bond acceptors (Lipinski definition) is 7. The summed E-state index contributed by atoms with van der Waals surface area (Å²) in [7, 11) is 4.60. The highest BCUT2D eigenvalue weighted by Crippen LogP contribution is 2.43. The van der Waals surface area contributed by atoms with Crippen LogP contribution in [0.4, 0.5) is 0 Å². The van der Waals surface area contributed by atoms with Crippen LogP contribution in [-0.2, 0) is 14.3 Å². The molecule has 1 N–H and O–H groups in total. The Morgan fingerprint density at radius 3 is 2.38 bits per heavy atom. The first-order valence-corrected chi connectivity index (χ1v) is 10.8. The maximum absolute atomic E-state index is 13.1. The average molecular weight is 468 g/mol. The Kier molecular flexibility index (Phi) is 8.32. The fraction of sp³-hybridized carbons (Fsp3) is 0.308. The first kappa shape index (κ1) is 24.9. The largest absolute Gasteiger partial charge is 0.507 e. The summed E-state index contributed by atoms with van der Waals surface area (Å²) in [6.45, 7) is 4.64. The van der Waals surface area contributed by atoms with Gasteiger partial charge in [0.25, 0.3) is 11.7 Å². The molecule has 1 aliphatic rings. The second kappa shape index (κ2) is 11.4. The average Bonchev–Trinajstić information content (AvgIpc) is 3.11. The number of likely N-dealkylation sites (tertiary alicyclic amines) is 1. The molecular weight excluding hydrogens is 438 g/mol. The molecule has 2 aromatic carbocycles. The lowest BCUT2D eigenvalue weighted by Crippen LogP contribution is -2.31. The summed E-state index contributed by atoms with van der Waals surface area (Å²) >= 11 is 0. The van der Waals surface area contributed by atoms with Crippen LogP contribution >= 0.6 is 0 Å². The van der Waals surface area contributed by atoms with Crippen LogP contribution in [0.3, 0.4) is 0 Å². The van der Waals surface area contributed by atoms with Gasteiger partial charge in [0, 0.05) is 37.5 Å². The lowest BCUT2D eigenvalue weighted by molar-refractivity contribution is -0.140. The van der Waals surface area contributed by atoms with Crippen LogP contribution in [0.1, 0.15) is 23.6 Å². The first-order valence-electron chi connectivity index (χ1n) is 10.8. The molecule has 1 aliphatic heterocycles. The fourth-order valence-electron chi connectivity index (χ4n) is 3.88. The van der Waals surface area contributed by atoms with Crippen LogP contribution in [0, 0.1) is 0 Å². The lowest BCUT2D eigenvalue weighted by Gasteiger charge is -2.26. The van der Waals surface area contributed by atoms with Gasteiger partial charge in [-0.25, -0.2) is 0 Å². The van der Waals surface area contributed by atoms with Crippen LogP contribution in [-0.4, -0.2) is 62.8 Å². The Hall–Kier alpha value is -3.78. The van der Waals surface area contributed by atoms with Crippen molar-refractivity contribution in [2.75, 3.05) is 41.1 Å². The monoisotopic (exact) mass is 467 g/mol. The van der Waals surface area contributed by atoms with E-state index >= 15 is 0 Å². The zero-order valence-corrected chi connectivity index (χ0v) is 19.6. The van der Waals surface area contributed by atoms with Crippen LogP contribution in [0.25, 0.3) is 5.76 Å². The molecule has 1 heterocycles. The molecule has 1 atom stereocenters. The van der Waals surface area contributed by atoms with Gasteiger partial charge < -0.3 is 29.0 Å². The topological polar surface area (TPSA) is 94.5 Å². The number of methoxy groups -OCH3 is 3. The number of ketones is 1. The molecular formula is C26H29NO7. The minimum atomic E-state index is -0.839. The summed E-state index contributed by atoms with van der Waals surface area (Å²) in [5, 5.41) is 11.2. The molecule has 1 amide bonds. The standard InChI is InChI=1S/C26H29NO7/c1-5-14-34-18-9-7-17(8-10-18)24(28)22-23(20-12-11-19(32-3)16-21(20)33-4)27(13-6-15-31-2)26(30)25(22)29/h5,7-12,16,23,28H,1,6,13-15H2,2-4H3/b24-22+. The highest BCUT2D eigenvalue weighted by atomic mass is 16.5. The van der Waals surface area contributed by atoms with Gasteiger partial charge in [-0.1, -0.05) is 12.7 Å². The molecule has 0 saturated carbocycles. The van der Waals surface area contributed by atoms with E-state index in [1.54, 1.807) is 55.7 Å². The maximum atomic E-state index is 13.1. The molecule has 1 saturated heterocycles. The van der Waals surface area contributed by atoms with Gasteiger partial charge in [0.15, 0.2) is 0 Å². The number of Topliss-reactive ketones (excluding diaryl/α,β-unsaturated/α-hetero) is 1. The third-order valence-electron chi connectivity index (χ3n) is 5.52. The number of amides is 1. The van der Waals surface area contributed by atoms with Gasteiger partial charge in [-0.15, -0.1) is 0 Å². The van der Waals surface area contributed by atoms with E-state index in [4.69, 9.17) is 18.9 Å². The lowest BCUT2D eigenvalue weighted by atomic mass is 9.94. The quantitative estimate of drug-likeness (QED) is 0.177. The summed E-state index contributed by atoms with van der Waals surface area (Å²) in [6.07, 6.45) is 2.15. The Labute approximate surface area is 199 Å². The molecule has 8 nitrogen and oxygen atoms in total.